The minimum Gasteiger partial charge on any atom is -0.355 e. The largest absolute Gasteiger partial charge is 0.451 e. The van der Waals surface area contributed by atoms with Crippen LogP contribution in [0.4, 0.5) is 19.0 Å². The highest BCUT2D eigenvalue weighted by atomic mass is 19.4. The van der Waals surface area contributed by atoms with Crippen LogP contribution in [0.25, 0.3) is 11.2 Å². The van der Waals surface area contributed by atoms with Gasteiger partial charge in [-0.05, 0) is 25.7 Å². The molecule has 0 bridgehead atoms. The van der Waals surface area contributed by atoms with Gasteiger partial charge in [-0.2, -0.15) is 13.2 Å². The van der Waals surface area contributed by atoms with E-state index in [1.54, 1.807) is 6.33 Å². The van der Waals surface area contributed by atoms with Crippen molar-refractivity contribution in [2.75, 3.05) is 18.0 Å². The van der Waals surface area contributed by atoms with Gasteiger partial charge in [0.15, 0.2) is 17.0 Å². The third kappa shape index (κ3) is 2.53. The number of hydrogen-bond acceptors (Lipinski definition) is 4. The SMILES string of the molecule is FC(F)(F)c1nc(N2CCCC2)c2ncn(C3CCCC3)c2n1. The minimum absolute atomic E-state index is 0.197. The lowest BCUT2D eigenvalue weighted by Crippen LogP contribution is -2.22. The molecule has 0 N–H and O–H groups in total. The first-order chi connectivity index (χ1) is 11.0. The zero-order valence-electron chi connectivity index (χ0n) is 12.7. The van der Waals surface area contributed by atoms with Crippen LogP contribution in [0.3, 0.4) is 0 Å². The number of aromatic nitrogens is 4. The maximum absolute atomic E-state index is 13.2. The van der Waals surface area contributed by atoms with Crippen LogP contribution in [0, 0.1) is 0 Å². The molecule has 0 amide bonds. The monoisotopic (exact) mass is 325 g/mol. The number of rotatable bonds is 2. The molecule has 4 rings (SSSR count). The van der Waals surface area contributed by atoms with Crippen molar-refractivity contribution in [2.24, 2.45) is 0 Å². The van der Waals surface area contributed by atoms with Crippen LogP contribution >= 0.6 is 0 Å². The molecule has 5 nitrogen and oxygen atoms in total. The smallest absolute Gasteiger partial charge is 0.355 e. The first kappa shape index (κ1) is 14.7. The highest BCUT2D eigenvalue weighted by Gasteiger charge is 2.37. The van der Waals surface area contributed by atoms with Gasteiger partial charge in [0.05, 0.1) is 6.33 Å². The molecule has 0 radical (unpaired) electrons. The second-order valence-electron chi connectivity index (χ2n) is 6.33. The minimum atomic E-state index is -4.55. The summed E-state index contributed by atoms with van der Waals surface area (Å²) in [4.78, 5) is 13.9. The highest BCUT2D eigenvalue weighted by molar-refractivity contribution is 5.84. The molecular formula is C15H18F3N5. The first-order valence-corrected chi connectivity index (χ1v) is 8.11. The van der Waals surface area contributed by atoms with Gasteiger partial charge >= 0.3 is 6.18 Å². The highest BCUT2D eigenvalue weighted by Crippen LogP contribution is 2.36. The van der Waals surface area contributed by atoms with Crippen LogP contribution in [0.15, 0.2) is 6.33 Å². The molecule has 124 valence electrons. The van der Waals surface area contributed by atoms with Gasteiger partial charge < -0.3 is 9.47 Å². The molecule has 2 fully saturated rings. The molecule has 0 unspecified atom stereocenters. The molecule has 0 aromatic carbocycles. The van der Waals surface area contributed by atoms with Gasteiger partial charge in [-0.1, -0.05) is 12.8 Å². The van der Waals surface area contributed by atoms with Crippen molar-refractivity contribution < 1.29 is 13.2 Å². The number of halogens is 3. The molecule has 3 heterocycles. The van der Waals surface area contributed by atoms with Crippen molar-refractivity contribution in [3.05, 3.63) is 12.2 Å². The molecule has 2 aromatic rings. The van der Waals surface area contributed by atoms with Crippen molar-refractivity contribution in [1.82, 2.24) is 19.5 Å². The standard InChI is InChI=1S/C15H18F3N5/c16-15(17,18)14-20-12(22-7-3-4-8-22)11-13(21-14)23(9-19-11)10-5-1-2-6-10/h9-10H,1-8H2. The van der Waals surface area contributed by atoms with Gasteiger partial charge in [-0.3, -0.25) is 0 Å². The molecule has 1 aliphatic heterocycles. The Balaban J connectivity index is 1.89. The second-order valence-corrected chi connectivity index (χ2v) is 6.33. The van der Waals surface area contributed by atoms with Gasteiger partial charge in [0.1, 0.15) is 0 Å². The van der Waals surface area contributed by atoms with Crippen molar-refractivity contribution in [3.63, 3.8) is 0 Å². The molecule has 1 saturated carbocycles. The third-order valence-corrected chi connectivity index (χ3v) is 4.78. The Bertz CT molecular complexity index is 712. The number of nitrogens with zero attached hydrogens (tertiary/aromatic N) is 5. The van der Waals surface area contributed by atoms with Gasteiger partial charge in [0.2, 0.25) is 5.82 Å². The maximum atomic E-state index is 13.2. The van der Waals surface area contributed by atoms with Gasteiger partial charge in [-0.25, -0.2) is 15.0 Å². The summed E-state index contributed by atoms with van der Waals surface area (Å²) in [5.74, 6) is -0.733. The number of hydrogen-bond donors (Lipinski definition) is 0. The van der Waals surface area contributed by atoms with E-state index in [0.29, 0.717) is 17.0 Å². The Labute approximate surface area is 131 Å². The van der Waals surface area contributed by atoms with Crippen LogP contribution in [0.1, 0.15) is 50.4 Å². The summed E-state index contributed by atoms with van der Waals surface area (Å²) in [5.41, 5.74) is 0.813. The van der Waals surface area contributed by atoms with Gasteiger partial charge in [-0.15, -0.1) is 0 Å². The fourth-order valence-corrected chi connectivity index (χ4v) is 3.63. The lowest BCUT2D eigenvalue weighted by molar-refractivity contribution is -0.144. The Kier molecular flexibility index (Phi) is 3.42. The average molecular weight is 325 g/mol. The van der Waals surface area contributed by atoms with E-state index in [9.17, 15) is 13.2 Å². The summed E-state index contributed by atoms with van der Waals surface area (Å²) in [5, 5.41) is 0. The predicted octanol–water partition coefficient (Wildman–Crippen LogP) is 3.56. The molecule has 8 heteroatoms. The topological polar surface area (TPSA) is 46.8 Å². The van der Waals surface area contributed by atoms with Gasteiger partial charge in [0.25, 0.3) is 0 Å². The van der Waals surface area contributed by atoms with E-state index < -0.39 is 12.0 Å². The average Bonchev–Trinajstić information content (AvgIpc) is 3.25. The molecule has 1 aliphatic carbocycles. The maximum Gasteiger partial charge on any atom is 0.451 e. The number of alkyl halides is 3. The van der Waals surface area contributed by atoms with Crippen molar-refractivity contribution in [1.29, 1.82) is 0 Å². The molecule has 2 aliphatic rings. The van der Waals surface area contributed by atoms with Crippen LogP contribution in [-0.4, -0.2) is 32.6 Å². The fraction of sp³-hybridized carbons (Fsp3) is 0.667. The zero-order chi connectivity index (χ0) is 16.0. The summed E-state index contributed by atoms with van der Waals surface area (Å²) < 4.78 is 41.5. The van der Waals surface area contributed by atoms with Crippen LogP contribution in [0.2, 0.25) is 0 Å². The Morgan fingerprint density at radius 3 is 2.35 bits per heavy atom. The van der Waals surface area contributed by atoms with E-state index in [1.165, 1.54) is 0 Å². The Hall–Kier alpha value is -1.86. The first-order valence-electron chi connectivity index (χ1n) is 8.11. The zero-order valence-corrected chi connectivity index (χ0v) is 12.7. The van der Waals surface area contributed by atoms with Crippen LogP contribution in [-0.2, 0) is 6.18 Å². The number of fused-ring (bicyclic) bond motifs is 1. The van der Waals surface area contributed by atoms with Crippen molar-refractivity contribution in [2.45, 2.75) is 50.7 Å². The Morgan fingerprint density at radius 2 is 1.70 bits per heavy atom. The predicted molar refractivity (Wildman–Crippen MR) is 79.3 cm³/mol. The summed E-state index contributed by atoms with van der Waals surface area (Å²) >= 11 is 0. The number of anilines is 1. The van der Waals surface area contributed by atoms with E-state index in [1.807, 2.05) is 9.47 Å². The Morgan fingerprint density at radius 1 is 1.00 bits per heavy atom. The summed E-state index contributed by atoms with van der Waals surface area (Å²) in [6.45, 7) is 1.44. The van der Waals surface area contributed by atoms with E-state index in [0.717, 1.165) is 51.6 Å². The molecule has 1 saturated heterocycles. The normalized spacial score (nSPS) is 20.0. The van der Waals surface area contributed by atoms with Crippen LogP contribution < -0.4 is 4.90 Å². The summed E-state index contributed by atoms with van der Waals surface area (Å²) in [6, 6.07) is 0.197. The molecule has 0 spiro atoms. The summed E-state index contributed by atoms with van der Waals surface area (Å²) in [6.07, 6.45) is 3.15. The molecule has 2 aromatic heterocycles. The lowest BCUT2D eigenvalue weighted by Gasteiger charge is -2.19. The van der Waals surface area contributed by atoms with E-state index in [-0.39, 0.29) is 6.04 Å². The molecular weight excluding hydrogens is 307 g/mol. The van der Waals surface area contributed by atoms with E-state index >= 15 is 0 Å². The quantitative estimate of drug-likeness (QED) is 0.847. The third-order valence-electron chi connectivity index (χ3n) is 4.78. The number of imidazole rings is 1. The summed E-state index contributed by atoms with van der Waals surface area (Å²) in [7, 11) is 0. The van der Waals surface area contributed by atoms with E-state index in [4.69, 9.17) is 0 Å². The molecule has 23 heavy (non-hydrogen) atoms. The lowest BCUT2D eigenvalue weighted by atomic mass is 10.2. The molecule has 0 atom stereocenters. The second kappa shape index (κ2) is 5.35. The van der Waals surface area contributed by atoms with Crippen LogP contribution in [0.5, 0.6) is 0 Å². The fourth-order valence-electron chi connectivity index (χ4n) is 3.63. The van der Waals surface area contributed by atoms with Gasteiger partial charge in [0, 0.05) is 19.1 Å². The van der Waals surface area contributed by atoms with E-state index in [2.05, 4.69) is 15.0 Å². The van der Waals surface area contributed by atoms with Crippen molar-refractivity contribution in [3.8, 4) is 0 Å². The van der Waals surface area contributed by atoms with Crippen molar-refractivity contribution >= 4 is 17.0 Å².